The molecule has 0 aliphatic rings. The summed E-state index contributed by atoms with van der Waals surface area (Å²) in [5, 5.41) is 0. The van der Waals surface area contributed by atoms with Crippen LogP contribution in [-0.2, 0) is 28.6 Å². The van der Waals surface area contributed by atoms with Gasteiger partial charge in [-0.15, -0.1) is 0 Å². The molecule has 6 nitrogen and oxygen atoms in total. The molecule has 0 amide bonds. The Hall–Kier alpha value is -2.89. The molecule has 0 radical (unpaired) electrons. The molecule has 0 aliphatic heterocycles. The number of carbonyl (C=O) groups excluding carboxylic acids is 3. The Morgan fingerprint density at radius 3 is 0.861 bits per heavy atom. The zero-order chi connectivity index (χ0) is 52.2. The molecule has 0 heterocycles. The number of allylic oxidation sites excluding steroid dienone is 10. The fourth-order valence-electron chi connectivity index (χ4n) is 9.08. The second-order valence-corrected chi connectivity index (χ2v) is 20.9. The number of hydrogen-bond acceptors (Lipinski definition) is 6. The van der Waals surface area contributed by atoms with E-state index in [2.05, 4.69) is 81.5 Å². The fourth-order valence-corrected chi connectivity index (χ4v) is 9.08. The van der Waals surface area contributed by atoms with E-state index >= 15 is 0 Å². The first-order valence-corrected chi connectivity index (χ1v) is 31.3. The van der Waals surface area contributed by atoms with Gasteiger partial charge in [0.2, 0.25) is 0 Å². The van der Waals surface area contributed by atoms with Crippen LogP contribution in [0.25, 0.3) is 0 Å². The summed E-state index contributed by atoms with van der Waals surface area (Å²) in [6, 6.07) is 0. The van der Waals surface area contributed by atoms with Gasteiger partial charge in [0.05, 0.1) is 0 Å². The van der Waals surface area contributed by atoms with Crippen molar-refractivity contribution in [2.45, 2.75) is 329 Å². The Bertz CT molecular complexity index is 1290. The van der Waals surface area contributed by atoms with Crippen molar-refractivity contribution in [3.63, 3.8) is 0 Å². The molecule has 0 rings (SSSR count). The van der Waals surface area contributed by atoms with Gasteiger partial charge in [-0.2, -0.15) is 0 Å². The van der Waals surface area contributed by atoms with E-state index in [9.17, 15) is 14.4 Å². The third-order valence-electron chi connectivity index (χ3n) is 13.8. The van der Waals surface area contributed by atoms with Crippen molar-refractivity contribution in [3.05, 3.63) is 60.8 Å². The number of hydrogen-bond donors (Lipinski definition) is 0. The first-order valence-electron chi connectivity index (χ1n) is 31.3. The highest BCUT2D eigenvalue weighted by Crippen LogP contribution is 2.17. The van der Waals surface area contributed by atoms with Gasteiger partial charge in [0.15, 0.2) is 6.10 Å². The molecule has 0 bridgehead atoms. The number of esters is 3. The van der Waals surface area contributed by atoms with E-state index in [1.807, 2.05) is 0 Å². The molecule has 0 aromatic rings. The quantitative estimate of drug-likeness (QED) is 0.0261. The summed E-state index contributed by atoms with van der Waals surface area (Å²) in [5.41, 5.74) is 0. The first-order chi connectivity index (χ1) is 35.5. The molecular formula is C66H118O6. The molecule has 72 heavy (non-hydrogen) atoms. The second kappa shape index (κ2) is 60.7. The maximum Gasteiger partial charge on any atom is 0.306 e. The lowest BCUT2D eigenvalue weighted by atomic mass is 10.0. The Balaban J connectivity index is 3.96. The average Bonchev–Trinajstić information content (AvgIpc) is 3.38. The van der Waals surface area contributed by atoms with Gasteiger partial charge in [-0.25, -0.2) is 0 Å². The predicted molar refractivity (Wildman–Crippen MR) is 312 cm³/mol. The number of rotatable bonds is 57. The fraction of sp³-hybridized carbons (Fsp3) is 0.803. The lowest BCUT2D eigenvalue weighted by molar-refractivity contribution is -0.167. The van der Waals surface area contributed by atoms with Crippen LogP contribution in [-0.4, -0.2) is 37.2 Å². The molecule has 0 fully saturated rings. The monoisotopic (exact) mass is 1010 g/mol. The van der Waals surface area contributed by atoms with Gasteiger partial charge in [-0.1, -0.05) is 281 Å². The van der Waals surface area contributed by atoms with Gasteiger partial charge in [0, 0.05) is 19.3 Å². The van der Waals surface area contributed by atoms with Crippen LogP contribution in [0, 0.1) is 0 Å². The molecule has 0 aromatic carbocycles. The van der Waals surface area contributed by atoms with E-state index in [-0.39, 0.29) is 31.1 Å². The first kappa shape index (κ1) is 69.1. The minimum Gasteiger partial charge on any atom is -0.462 e. The van der Waals surface area contributed by atoms with E-state index in [0.717, 1.165) is 89.9 Å². The van der Waals surface area contributed by atoms with E-state index < -0.39 is 6.10 Å². The van der Waals surface area contributed by atoms with Gasteiger partial charge in [0.1, 0.15) is 13.2 Å². The Morgan fingerprint density at radius 1 is 0.292 bits per heavy atom. The van der Waals surface area contributed by atoms with Crippen LogP contribution in [0.2, 0.25) is 0 Å². The summed E-state index contributed by atoms with van der Waals surface area (Å²) >= 11 is 0. The summed E-state index contributed by atoms with van der Waals surface area (Å²) in [7, 11) is 0. The third kappa shape index (κ3) is 58.0. The van der Waals surface area contributed by atoms with Crippen molar-refractivity contribution < 1.29 is 28.6 Å². The highest BCUT2D eigenvalue weighted by atomic mass is 16.6. The number of unbranched alkanes of at least 4 members (excludes halogenated alkanes) is 36. The molecule has 0 spiro atoms. The van der Waals surface area contributed by atoms with Gasteiger partial charge in [-0.3, -0.25) is 14.4 Å². The second-order valence-electron chi connectivity index (χ2n) is 20.9. The SMILES string of the molecule is CC/C=C\C/C=C\C/C=C\C/C=C\CCCCCCCCCCCCCCCCCCCCC(=O)OCC(COC(=O)CCCCCCC)OC(=O)CCCCCCCCC/C=C\CCCCCCCCC. The van der Waals surface area contributed by atoms with E-state index in [4.69, 9.17) is 14.2 Å². The topological polar surface area (TPSA) is 78.9 Å². The minimum atomic E-state index is -0.770. The highest BCUT2D eigenvalue weighted by molar-refractivity contribution is 5.71. The molecule has 6 heteroatoms. The molecule has 0 aliphatic carbocycles. The lowest BCUT2D eigenvalue weighted by Crippen LogP contribution is -2.30. The Morgan fingerprint density at radius 2 is 0.542 bits per heavy atom. The van der Waals surface area contributed by atoms with Crippen LogP contribution >= 0.6 is 0 Å². The van der Waals surface area contributed by atoms with Crippen molar-refractivity contribution in [2.24, 2.45) is 0 Å². The normalized spacial score (nSPS) is 12.4. The summed E-state index contributed by atoms with van der Waals surface area (Å²) < 4.78 is 16.8. The van der Waals surface area contributed by atoms with Gasteiger partial charge >= 0.3 is 17.9 Å². The summed E-state index contributed by atoms with van der Waals surface area (Å²) in [4.78, 5) is 37.9. The van der Waals surface area contributed by atoms with Crippen molar-refractivity contribution in [1.29, 1.82) is 0 Å². The molecule has 0 saturated carbocycles. The molecular weight excluding hydrogens is 889 g/mol. The van der Waals surface area contributed by atoms with Crippen LogP contribution in [0.4, 0.5) is 0 Å². The Kier molecular flexibility index (Phi) is 58.2. The maximum atomic E-state index is 12.8. The lowest BCUT2D eigenvalue weighted by Gasteiger charge is -2.18. The standard InChI is InChI=1S/C66H118O6/c1-4-7-10-13-15-17-19-21-23-25-27-28-29-30-31-32-33-34-35-36-37-38-39-41-42-44-46-48-50-53-56-59-65(68)71-62-63(61-70-64(67)58-55-52-12-9-6-3)72-66(69)60-57-54-51-49-47-45-43-40-26-24-22-20-18-16-14-11-8-5-2/h7,10,15,17,21,23-24,26-28,63H,4-6,8-9,11-14,16,18-20,22,25,29-62H2,1-3H3/b10-7-,17-15-,23-21-,26-24-,28-27-. The van der Waals surface area contributed by atoms with Gasteiger partial charge < -0.3 is 14.2 Å². The smallest absolute Gasteiger partial charge is 0.306 e. The van der Waals surface area contributed by atoms with E-state index in [1.54, 1.807) is 0 Å². The van der Waals surface area contributed by atoms with Crippen molar-refractivity contribution >= 4 is 17.9 Å². The maximum absolute atomic E-state index is 12.8. The van der Waals surface area contributed by atoms with Crippen LogP contribution in [0.15, 0.2) is 60.8 Å². The van der Waals surface area contributed by atoms with Crippen molar-refractivity contribution in [3.8, 4) is 0 Å². The van der Waals surface area contributed by atoms with Crippen molar-refractivity contribution in [1.82, 2.24) is 0 Å². The van der Waals surface area contributed by atoms with Gasteiger partial charge in [0.25, 0.3) is 0 Å². The molecule has 0 saturated heterocycles. The van der Waals surface area contributed by atoms with E-state index in [1.165, 1.54) is 193 Å². The molecule has 1 atom stereocenters. The summed E-state index contributed by atoms with van der Waals surface area (Å²) in [6.45, 7) is 6.47. The molecule has 1 unspecified atom stereocenters. The zero-order valence-corrected chi connectivity index (χ0v) is 47.9. The summed E-state index contributed by atoms with van der Waals surface area (Å²) in [5.74, 6) is -0.876. The van der Waals surface area contributed by atoms with Crippen LogP contribution in [0.1, 0.15) is 323 Å². The predicted octanol–water partition coefficient (Wildman–Crippen LogP) is 21.2. The number of carbonyl (C=O) groups is 3. The third-order valence-corrected chi connectivity index (χ3v) is 13.8. The summed E-state index contributed by atoms with van der Waals surface area (Å²) in [6.07, 6.45) is 77.1. The zero-order valence-electron chi connectivity index (χ0n) is 47.9. The largest absolute Gasteiger partial charge is 0.462 e. The molecule has 0 N–H and O–H groups in total. The molecule has 0 aromatic heterocycles. The van der Waals surface area contributed by atoms with Crippen LogP contribution in [0.5, 0.6) is 0 Å². The van der Waals surface area contributed by atoms with E-state index in [0.29, 0.717) is 19.3 Å². The van der Waals surface area contributed by atoms with Crippen molar-refractivity contribution in [2.75, 3.05) is 13.2 Å². The molecule has 418 valence electrons. The average molecular weight is 1010 g/mol. The van der Waals surface area contributed by atoms with Crippen LogP contribution in [0.3, 0.4) is 0 Å². The number of ether oxygens (including phenoxy) is 3. The van der Waals surface area contributed by atoms with Gasteiger partial charge in [-0.05, 0) is 83.5 Å². The minimum absolute atomic E-state index is 0.0721. The highest BCUT2D eigenvalue weighted by Gasteiger charge is 2.19. The Labute approximate surface area is 447 Å². The van der Waals surface area contributed by atoms with Crippen LogP contribution < -0.4 is 0 Å².